The van der Waals surface area contributed by atoms with E-state index in [1.807, 2.05) is 5.43 Å². The van der Waals surface area contributed by atoms with Crippen molar-refractivity contribution in [3.05, 3.63) is 29.8 Å². The fourth-order valence-corrected chi connectivity index (χ4v) is 1.43. The van der Waals surface area contributed by atoms with Gasteiger partial charge in [0.05, 0.1) is 13.5 Å². The van der Waals surface area contributed by atoms with E-state index in [0.717, 1.165) is 0 Å². The molecule has 1 aromatic rings. The molecule has 4 N–H and O–H groups in total. The molecule has 9 heteroatoms. The van der Waals surface area contributed by atoms with Gasteiger partial charge in [-0.05, 0) is 24.3 Å². The number of esters is 1. The summed E-state index contributed by atoms with van der Waals surface area (Å²) in [4.78, 5) is 44.2. The van der Waals surface area contributed by atoms with Gasteiger partial charge in [-0.25, -0.2) is 10.2 Å². The lowest BCUT2D eigenvalue weighted by Crippen LogP contribution is -2.40. The highest BCUT2D eigenvalue weighted by Crippen LogP contribution is 2.10. The van der Waals surface area contributed by atoms with Gasteiger partial charge in [0.2, 0.25) is 5.91 Å². The largest absolute Gasteiger partial charge is 0.469 e. The summed E-state index contributed by atoms with van der Waals surface area (Å²) >= 11 is 0. The van der Waals surface area contributed by atoms with Gasteiger partial charge in [0.25, 0.3) is 5.91 Å². The Morgan fingerprint density at radius 2 is 1.68 bits per heavy atom. The smallest absolute Gasteiger partial charge is 0.423 e. The van der Waals surface area contributed by atoms with Crippen LogP contribution in [0.5, 0.6) is 0 Å². The highest BCUT2D eigenvalue weighted by atomic mass is 16.5. The van der Waals surface area contributed by atoms with Crippen LogP contribution in [-0.4, -0.2) is 36.1 Å². The van der Waals surface area contributed by atoms with Crippen LogP contribution in [0.4, 0.5) is 10.5 Å². The number of carboxylic acid groups (broad SMARTS) is 1. The van der Waals surface area contributed by atoms with Gasteiger partial charge in [-0.15, -0.1) is 0 Å². The van der Waals surface area contributed by atoms with Crippen molar-refractivity contribution in [2.24, 2.45) is 0 Å². The first-order valence-corrected chi connectivity index (χ1v) is 6.18. The van der Waals surface area contributed by atoms with Gasteiger partial charge in [-0.1, -0.05) is 0 Å². The van der Waals surface area contributed by atoms with Gasteiger partial charge in [0, 0.05) is 17.7 Å². The van der Waals surface area contributed by atoms with E-state index in [-0.39, 0.29) is 24.3 Å². The van der Waals surface area contributed by atoms with E-state index in [9.17, 15) is 19.2 Å². The molecule has 0 spiro atoms. The van der Waals surface area contributed by atoms with Crippen molar-refractivity contribution in [2.45, 2.75) is 12.8 Å². The number of benzene rings is 1. The zero-order valence-corrected chi connectivity index (χ0v) is 11.7. The average molecular weight is 309 g/mol. The van der Waals surface area contributed by atoms with Crippen molar-refractivity contribution in [1.29, 1.82) is 0 Å². The van der Waals surface area contributed by atoms with E-state index in [0.29, 0.717) is 5.69 Å². The molecule has 22 heavy (non-hydrogen) atoms. The molecule has 0 fully saturated rings. The highest BCUT2D eigenvalue weighted by molar-refractivity contribution is 5.96. The summed E-state index contributed by atoms with van der Waals surface area (Å²) in [5.41, 5.74) is 4.35. The predicted molar refractivity (Wildman–Crippen MR) is 74.9 cm³/mol. The Balaban J connectivity index is 2.50. The van der Waals surface area contributed by atoms with Crippen molar-refractivity contribution in [2.75, 3.05) is 12.4 Å². The Bertz CT molecular complexity index is 570. The number of nitrogens with one attached hydrogen (secondary N) is 3. The lowest BCUT2D eigenvalue weighted by molar-refractivity contribution is -0.141. The molecule has 118 valence electrons. The predicted octanol–water partition coefficient (Wildman–Crippen LogP) is 0.491. The first-order chi connectivity index (χ1) is 10.4. The maximum atomic E-state index is 11.6. The Morgan fingerprint density at radius 3 is 2.23 bits per heavy atom. The number of methoxy groups -OCH3 is 1. The summed E-state index contributed by atoms with van der Waals surface area (Å²) in [6, 6.07) is 5.78. The number of amides is 3. The minimum absolute atomic E-state index is 0.0164. The van der Waals surface area contributed by atoms with Gasteiger partial charge in [0.1, 0.15) is 0 Å². The fraction of sp³-hybridized carbons (Fsp3) is 0.231. The van der Waals surface area contributed by atoms with Gasteiger partial charge in [-0.3, -0.25) is 19.8 Å². The van der Waals surface area contributed by atoms with E-state index >= 15 is 0 Å². The lowest BCUT2D eigenvalue weighted by atomic mass is 10.2. The summed E-state index contributed by atoms with van der Waals surface area (Å²) in [5, 5.41) is 10.9. The first-order valence-electron chi connectivity index (χ1n) is 6.18. The highest BCUT2D eigenvalue weighted by Gasteiger charge is 2.09. The molecule has 9 nitrogen and oxygen atoms in total. The van der Waals surface area contributed by atoms with E-state index in [2.05, 4.69) is 10.1 Å². The van der Waals surface area contributed by atoms with Crippen molar-refractivity contribution >= 4 is 29.6 Å². The molecule has 0 aromatic heterocycles. The molecule has 0 bridgehead atoms. The topological polar surface area (TPSA) is 134 Å². The molecule has 1 aromatic carbocycles. The van der Waals surface area contributed by atoms with Crippen LogP contribution in [0, 0.1) is 0 Å². The third kappa shape index (κ3) is 5.90. The van der Waals surface area contributed by atoms with Crippen LogP contribution in [0.1, 0.15) is 23.2 Å². The van der Waals surface area contributed by atoms with Crippen molar-refractivity contribution in [3.63, 3.8) is 0 Å². The van der Waals surface area contributed by atoms with Crippen molar-refractivity contribution < 1.29 is 29.0 Å². The van der Waals surface area contributed by atoms with Gasteiger partial charge in [0.15, 0.2) is 0 Å². The van der Waals surface area contributed by atoms with E-state index in [4.69, 9.17) is 5.11 Å². The summed E-state index contributed by atoms with van der Waals surface area (Å²) in [5.74, 6) is -1.48. The van der Waals surface area contributed by atoms with Crippen LogP contribution >= 0.6 is 0 Å². The molecule has 0 saturated carbocycles. The summed E-state index contributed by atoms with van der Waals surface area (Å²) in [6.45, 7) is 0. The molecule has 0 unspecified atom stereocenters. The molecular formula is C13H15N3O6. The Labute approximate surface area is 125 Å². The summed E-state index contributed by atoms with van der Waals surface area (Å²) < 4.78 is 4.42. The summed E-state index contributed by atoms with van der Waals surface area (Å²) in [6.07, 6.45) is -1.43. The molecular weight excluding hydrogens is 294 g/mol. The lowest BCUT2D eigenvalue weighted by Gasteiger charge is -2.07. The van der Waals surface area contributed by atoms with Crippen LogP contribution < -0.4 is 16.2 Å². The molecule has 0 aliphatic rings. The quantitative estimate of drug-likeness (QED) is 0.462. The second kappa shape index (κ2) is 8.25. The van der Waals surface area contributed by atoms with Crippen molar-refractivity contribution in [3.8, 4) is 0 Å². The maximum Gasteiger partial charge on any atom is 0.423 e. The van der Waals surface area contributed by atoms with Gasteiger partial charge >= 0.3 is 12.1 Å². The molecule has 0 atom stereocenters. The second-order valence-electron chi connectivity index (χ2n) is 4.09. The fourth-order valence-electron chi connectivity index (χ4n) is 1.43. The minimum atomic E-state index is -1.39. The Kier molecular flexibility index (Phi) is 6.35. The molecule has 3 amide bonds. The molecule has 0 heterocycles. The molecule has 0 radical (unpaired) electrons. The number of hydrogen-bond acceptors (Lipinski definition) is 5. The normalized spacial score (nSPS) is 9.50. The number of carbonyl (C=O) groups is 4. The Morgan fingerprint density at radius 1 is 1.05 bits per heavy atom. The molecule has 0 aliphatic heterocycles. The Hall–Kier alpha value is -3.10. The van der Waals surface area contributed by atoms with Crippen LogP contribution in [0.15, 0.2) is 24.3 Å². The SMILES string of the molecule is COC(=O)CCC(=O)Nc1ccc(C(=O)NNC(=O)O)cc1. The number of rotatable bonds is 5. The molecule has 0 saturated heterocycles. The molecule has 1 rings (SSSR count). The van der Waals surface area contributed by atoms with E-state index in [1.165, 1.54) is 31.4 Å². The average Bonchev–Trinajstić information content (AvgIpc) is 2.50. The zero-order chi connectivity index (χ0) is 16.5. The monoisotopic (exact) mass is 309 g/mol. The van der Waals surface area contributed by atoms with Crippen molar-refractivity contribution in [1.82, 2.24) is 10.9 Å². The number of carbonyl (C=O) groups excluding carboxylic acids is 3. The third-order valence-corrected chi connectivity index (χ3v) is 2.50. The third-order valence-electron chi connectivity index (χ3n) is 2.50. The number of hydrogen-bond donors (Lipinski definition) is 4. The maximum absolute atomic E-state index is 11.6. The number of anilines is 1. The van der Waals surface area contributed by atoms with Gasteiger partial charge < -0.3 is 15.2 Å². The first kappa shape index (κ1) is 17.0. The second-order valence-corrected chi connectivity index (χ2v) is 4.09. The molecule has 0 aliphatic carbocycles. The number of hydrazine groups is 1. The zero-order valence-electron chi connectivity index (χ0n) is 11.7. The van der Waals surface area contributed by atoms with E-state index < -0.39 is 18.0 Å². The van der Waals surface area contributed by atoms with Crippen LogP contribution in [0.25, 0.3) is 0 Å². The number of ether oxygens (including phenoxy) is 1. The van der Waals surface area contributed by atoms with Crippen LogP contribution in [0.3, 0.4) is 0 Å². The minimum Gasteiger partial charge on any atom is -0.469 e. The summed E-state index contributed by atoms with van der Waals surface area (Å²) in [7, 11) is 1.24. The van der Waals surface area contributed by atoms with E-state index in [1.54, 1.807) is 5.43 Å². The standard InChI is InChI=1S/C13H15N3O6/c1-22-11(18)7-6-10(17)14-9-4-2-8(3-5-9)12(19)15-16-13(20)21/h2-5,16H,6-7H2,1H3,(H,14,17)(H,15,19)(H,20,21). The van der Waals surface area contributed by atoms with Crippen LogP contribution in [-0.2, 0) is 14.3 Å². The van der Waals surface area contributed by atoms with Crippen LogP contribution in [0.2, 0.25) is 0 Å². The van der Waals surface area contributed by atoms with Gasteiger partial charge in [-0.2, -0.15) is 0 Å².